The van der Waals surface area contributed by atoms with Gasteiger partial charge in [0.15, 0.2) is 0 Å². The van der Waals surface area contributed by atoms with E-state index in [1.807, 2.05) is 0 Å². The molecule has 0 aliphatic rings. The molecule has 0 bridgehead atoms. The molecule has 36 heavy (non-hydrogen) atoms. The van der Waals surface area contributed by atoms with Gasteiger partial charge in [0.05, 0.1) is 0 Å². The molecule has 0 fully saturated rings. The molecule has 0 saturated carbocycles. The zero-order valence-corrected chi connectivity index (χ0v) is 25.7. The molecule has 0 amide bonds. The van der Waals surface area contributed by atoms with Crippen molar-refractivity contribution in [1.29, 1.82) is 0 Å². The fraction of sp³-hybridized carbons (Fsp3) is 0.647. The van der Waals surface area contributed by atoms with Gasteiger partial charge in [0, 0.05) is 0 Å². The van der Waals surface area contributed by atoms with Crippen LogP contribution in [0.3, 0.4) is 0 Å². The maximum atomic E-state index is 7.65. The maximum Gasteiger partial charge on any atom is 0.217 e. The molecule has 0 spiro atoms. The molecule has 0 aliphatic heterocycles. The summed E-state index contributed by atoms with van der Waals surface area (Å²) < 4.78 is 0. The van der Waals surface area contributed by atoms with Gasteiger partial charge in [-0.25, -0.2) is 0 Å². The number of hydrogen-bond acceptors (Lipinski definition) is 0. The summed E-state index contributed by atoms with van der Waals surface area (Å²) in [5.41, 5.74) is 2.87. The number of unbranched alkanes of at least 4 members (excludes halogenated alkanes) is 15. The van der Waals surface area contributed by atoms with E-state index < -0.39 is 7.38 Å². The molecule has 0 saturated heterocycles. The van der Waals surface area contributed by atoms with Gasteiger partial charge in [0.2, 0.25) is 7.38 Å². The largest absolute Gasteiger partial charge is 0.217 e. The third-order valence-corrected chi connectivity index (χ3v) is 13.3. The summed E-state index contributed by atoms with van der Waals surface area (Å²) in [5.74, 6) is 0. The quantitative estimate of drug-likeness (QED) is 0.0861. The molecule has 2 heteroatoms. The highest BCUT2D eigenvalue weighted by atomic mass is 35.6. The minimum Gasteiger partial charge on any atom is -0.155 e. The highest BCUT2D eigenvalue weighted by Crippen LogP contribution is 2.23. The minimum atomic E-state index is -2.23. The van der Waals surface area contributed by atoms with Crippen LogP contribution in [-0.2, 0) is 12.8 Å². The molecule has 2 rings (SSSR count). The second-order valence-electron chi connectivity index (χ2n) is 11.0. The van der Waals surface area contributed by atoms with Gasteiger partial charge in [-0.2, -0.15) is 11.1 Å². The topological polar surface area (TPSA) is 0 Å². The van der Waals surface area contributed by atoms with Crippen LogP contribution in [0.4, 0.5) is 0 Å². The zero-order valence-electron chi connectivity index (χ0n) is 23.9. The molecule has 1 atom stereocenters. The number of rotatable bonds is 21. The third kappa shape index (κ3) is 11.6. The predicted molar refractivity (Wildman–Crippen MR) is 167 cm³/mol. The summed E-state index contributed by atoms with van der Waals surface area (Å²) in [7, 11) is -2.23. The Morgan fingerprint density at radius 1 is 0.500 bits per heavy atom. The first-order valence-corrected chi connectivity index (χ1v) is 18.7. The van der Waals surface area contributed by atoms with Gasteiger partial charge >= 0.3 is 0 Å². The summed E-state index contributed by atoms with van der Waals surface area (Å²) >= 11 is 7.65. The average molecular weight is 527 g/mol. The molecule has 0 nitrogen and oxygen atoms in total. The van der Waals surface area contributed by atoms with Crippen molar-refractivity contribution in [3.63, 3.8) is 0 Å². The smallest absolute Gasteiger partial charge is 0.155 e. The standard InChI is InChI=1S/C34H55ClSi/c1-4-7-8-9-10-11-12-13-14-15-16-17-18-19-20-24-27-36(35,33-25-22-21-23-26-33)34-29-31(5-2)28-32(6-3)30-34/h21-23,25-26,28-30H,4-20,24,27H2,1-3H3. The van der Waals surface area contributed by atoms with E-state index in [-0.39, 0.29) is 0 Å². The highest BCUT2D eigenvalue weighted by molar-refractivity contribution is 7.34. The first-order valence-electron chi connectivity index (χ1n) is 15.5. The Balaban J connectivity index is 1.68. The Morgan fingerprint density at radius 3 is 1.33 bits per heavy atom. The molecule has 0 aromatic heterocycles. The molecule has 2 aromatic carbocycles. The second-order valence-corrected chi connectivity index (χ2v) is 16.2. The van der Waals surface area contributed by atoms with Gasteiger partial charge < -0.3 is 0 Å². The van der Waals surface area contributed by atoms with Crippen molar-refractivity contribution in [2.75, 3.05) is 0 Å². The number of benzene rings is 2. The molecule has 0 radical (unpaired) electrons. The van der Waals surface area contributed by atoms with Crippen LogP contribution >= 0.6 is 11.1 Å². The summed E-state index contributed by atoms with van der Waals surface area (Å²) in [6.45, 7) is 6.81. The first-order chi connectivity index (χ1) is 17.6. The molecule has 202 valence electrons. The molecule has 2 aromatic rings. The van der Waals surface area contributed by atoms with E-state index in [0.29, 0.717) is 0 Å². The summed E-state index contributed by atoms with van der Waals surface area (Å²) in [6.07, 6.45) is 24.7. The Labute approximate surface area is 230 Å². The van der Waals surface area contributed by atoms with E-state index in [1.54, 1.807) is 0 Å². The molecule has 0 N–H and O–H groups in total. The first kappa shape index (κ1) is 31.2. The van der Waals surface area contributed by atoms with Crippen molar-refractivity contribution in [1.82, 2.24) is 0 Å². The lowest BCUT2D eigenvalue weighted by atomic mass is 10.0. The van der Waals surface area contributed by atoms with Gasteiger partial charge in [0.1, 0.15) is 0 Å². The third-order valence-electron chi connectivity index (χ3n) is 7.93. The van der Waals surface area contributed by atoms with E-state index in [0.717, 1.165) is 18.9 Å². The molecule has 0 heterocycles. The van der Waals surface area contributed by atoms with Crippen LogP contribution in [0.5, 0.6) is 0 Å². The molecule has 0 aliphatic carbocycles. The Bertz CT molecular complexity index is 780. The molecule has 1 unspecified atom stereocenters. The van der Waals surface area contributed by atoms with Crippen molar-refractivity contribution in [3.8, 4) is 0 Å². The lowest BCUT2D eigenvalue weighted by molar-refractivity contribution is 0.531. The molecular weight excluding hydrogens is 472 g/mol. The van der Waals surface area contributed by atoms with Crippen LogP contribution in [0.25, 0.3) is 0 Å². The van der Waals surface area contributed by atoms with Gasteiger partial charge in [0.25, 0.3) is 0 Å². The van der Waals surface area contributed by atoms with E-state index in [1.165, 1.54) is 124 Å². The summed E-state index contributed by atoms with van der Waals surface area (Å²) in [6, 6.07) is 19.3. The van der Waals surface area contributed by atoms with Gasteiger partial charge in [-0.05, 0) is 40.4 Å². The van der Waals surface area contributed by atoms with E-state index in [4.69, 9.17) is 11.1 Å². The van der Waals surface area contributed by atoms with Crippen LogP contribution in [0.15, 0.2) is 48.5 Å². The lowest BCUT2D eigenvalue weighted by Crippen LogP contribution is -2.53. The van der Waals surface area contributed by atoms with Crippen molar-refractivity contribution >= 4 is 28.8 Å². The SMILES string of the molecule is CCCCCCCCCCCCCCCCCC[Si](Cl)(c1ccccc1)c1cc(CC)cc(CC)c1. The summed E-state index contributed by atoms with van der Waals surface area (Å²) in [4.78, 5) is 0. The Hall–Kier alpha value is -1.05. The Kier molecular flexibility index (Phi) is 16.5. The van der Waals surface area contributed by atoms with E-state index in [2.05, 4.69) is 69.3 Å². The predicted octanol–water partition coefficient (Wildman–Crippen LogP) is 10.4. The maximum absolute atomic E-state index is 7.65. The minimum absolute atomic E-state index is 1.08. The number of hydrogen-bond donors (Lipinski definition) is 0. The van der Waals surface area contributed by atoms with Crippen LogP contribution < -0.4 is 10.4 Å². The van der Waals surface area contributed by atoms with Crippen molar-refractivity contribution < 1.29 is 0 Å². The van der Waals surface area contributed by atoms with Crippen molar-refractivity contribution in [2.45, 2.75) is 142 Å². The van der Waals surface area contributed by atoms with Crippen molar-refractivity contribution in [2.24, 2.45) is 0 Å². The zero-order chi connectivity index (χ0) is 25.9. The second kappa shape index (κ2) is 19.1. The van der Waals surface area contributed by atoms with Crippen LogP contribution in [0.2, 0.25) is 6.04 Å². The number of aryl methyl sites for hydroxylation is 2. The fourth-order valence-electron chi connectivity index (χ4n) is 5.47. The Morgan fingerprint density at radius 2 is 0.917 bits per heavy atom. The van der Waals surface area contributed by atoms with Gasteiger partial charge in [-0.1, -0.05) is 172 Å². The van der Waals surface area contributed by atoms with E-state index >= 15 is 0 Å². The fourth-order valence-corrected chi connectivity index (χ4v) is 9.78. The normalized spacial score (nSPS) is 13.1. The van der Waals surface area contributed by atoms with Crippen LogP contribution in [0, 0.1) is 0 Å². The molecular formula is C34H55ClSi. The van der Waals surface area contributed by atoms with Crippen LogP contribution in [-0.4, -0.2) is 7.38 Å². The van der Waals surface area contributed by atoms with E-state index in [9.17, 15) is 0 Å². The highest BCUT2D eigenvalue weighted by Gasteiger charge is 2.35. The van der Waals surface area contributed by atoms with Gasteiger partial charge in [-0.3, -0.25) is 0 Å². The number of halogens is 1. The lowest BCUT2D eigenvalue weighted by Gasteiger charge is -2.27. The van der Waals surface area contributed by atoms with Gasteiger partial charge in [-0.15, -0.1) is 0 Å². The van der Waals surface area contributed by atoms with Crippen molar-refractivity contribution in [3.05, 3.63) is 59.7 Å². The van der Waals surface area contributed by atoms with Crippen LogP contribution in [0.1, 0.15) is 135 Å². The monoisotopic (exact) mass is 526 g/mol. The average Bonchev–Trinajstić information content (AvgIpc) is 2.92. The summed E-state index contributed by atoms with van der Waals surface area (Å²) in [5, 5.41) is 2.80.